The maximum atomic E-state index is 13.3. The largest absolute Gasteiger partial charge is 0.550 e. The van der Waals surface area contributed by atoms with Gasteiger partial charge < -0.3 is 20.0 Å². The SMILES string of the molecule is COC(=O)NC1(C(=O)NC(CC(=O)[O-])C(=O)C=[N+]=N)CCCN2C(=O)CCCC(=O)N21. The number of carboxylic acid groups (broad SMARTS) is 1. The van der Waals surface area contributed by atoms with Gasteiger partial charge in [-0.25, -0.2) is 14.8 Å². The highest BCUT2D eigenvalue weighted by Gasteiger charge is 2.55. The lowest BCUT2D eigenvalue weighted by atomic mass is 9.96. The minimum atomic E-state index is -2.15. The molecule has 2 rings (SSSR count). The molecule has 0 aromatic rings. The van der Waals surface area contributed by atoms with Crippen molar-refractivity contribution in [2.24, 2.45) is 0 Å². The van der Waals surface area contributed by atoms with Crippen LogP contribution in [-0.4, -0.2) is 81.9 Å². The summed E-state index contributed by atoms with van der Waals surface area (Å²) in [6, 6.07) is -1.68. The third kappa shape index (κ3) is 5.04. The van der Waals surface area contributed by atoms with Crippen molar-refractivity contribution < 1.29 is 43.4 Å². The fraction of sp³-hybridized carbons (Fsp3) is 0.588. The zero-order chi connectivity index (χ0) is 23.2. The van der Waals surface area contributed by atoms with E-state index in [9.17, 15) is 33.9 Å². The minimum absolute atomic E-state index is 0.0594. The quantitative estimate of drug-likeness (QED) is 0.213. The summed E-state index contributed by atoms with van der Waals surface area (Å²) in [5, 5.41) is 17.4. The molecule has 2 atom stereocenters. The number of hydrazine groups is 1. The van der Waals surface area contributed by atoms with Crippen molar-refractivity contribution >= 4 is 41.8 Å². The van der Waals surface area contributed by atoms with E-state index >= 15 is 0 Å². The molecule has 3 N–H and O–H groups in total. The van der Waals surface area contributed by atoms with Gasteiger partial charge in [-0.3, -0.25) is 24.5 Å². The third-order valence-electron chi connectivity index (χ3n) is 4.90. The first-order valence-corrected chi connectivity index (χ1v) is 9.40. The summed E-state index contributed by atoms with van der Waals surface area (Å²) < 4.78 is 4.57. The molecule has 0 bridgehead atoms. The van der Waals surface area contributed by atoms with Crippen molar-refractivity contribution in [2.75, 3.05) is 13.7 Å². The second-order valence-corrected chi connectivity index (χ2v) is 6.92. The Hall–Kier alpha value is -3.80. The number of fused-ring (bicyclic) bond motifs is 1. The van der Waals surface area contributed by atoms with Gasteiger partial charge in [0.25, 0.3) is 11.7 Å². The highest BCUT2D eigenvalue weighted by molar-refractivity contribution is 6.28. The number of nitrogens with one attached hydrogen (secondary N) is 3. The van der Waals surface area contributed by atoms with Crippen molar-refractivity contribution in [3.8, 4) is 0 Å². The molecule has 31 heavy (non-hydrogen) atoms. The van der Waals surface area contributed by atoms with Gasteiger partial charge >= 0.3 is 12.3 Å². The molecule has 2 unspecified atom stereocenters. The number of carbonyl (C=O) groups excluding carboxylic acids is 6. The van der Waals surface area contributed by atoms with Crippen LogP contribution in [0.2, 0.25) is 0 Å². The summed E-state index contributed by atoms with van der Waals surface area (Å²) in [5.74, 6) is -4.83. The Balaban J connectivity index is 2.50. The summed E-state index contributed by atoms with van der Waals surface area (Å²) in [6.07, 6.45) is -1.23. The standard InChI is InChI=1S/C17H22N6O8/c1-31-16(30)21-17(15(29)20-10(8-14(27)28)11(24)9-19-18)6-3-7-22-12(25)4-2-5-13(26)23(17)22/h9-10,18H,2-8H2,1H3,(H2-,20,21,27,28,29,30). The Morgan fingerprint density at radius 2 is 1.94 bits per heavy atom. The molecule has 2 aliphatic heterocycles. The normalized spacial score (nSPS) is 21.7. The molecule has 0 radical (unpaired) electrons. The monoisotopic (exact) mass is 438 g/mol. The number of alkyl carbamates (subject to hydrolysis) is 1. The molecule has 0 aromatic heterocycles. The maximum Gasteiger partial charge on any atom is 0.409 e. The molecule has 0 saturated carbocycles. The van der Waals surface area contributed by atoms with Gasteiger partial charge in [-0.1, -0.05) is 0 Å². The predicted octanol–water partition coefficient (Wildman–Crippen LogP) is -2.91. The van der Waals surface area contributed by atoms with E-state index in [4.69, 9.17) is 5.53 Å². The maximum absolute atomic E-state index is 13.3. The Morgan fingerprint density at radius 1 is 1.26 bits per heavy atom. The van der Waals surface area contributed by atoms with E-state index in [2.05, 4.69) is 20.2 Å². The van der Waals surface area contributed by atoms with Gasteiger partial charge in [-0.15, -0.1) is 0 Å². The number of aliphatic carboxylic acids is 1. The Morgan fingerprint density at radius 3 is 2.55 bits per heavy atom. The zero-order valence-electron chi connectivity index (χ0n) is 16.7. The first-order valence-electron chi connectivity index (χ1n) is 9.40. The van der Waals surface area contributed by atoms with E-state index in [1.807, 2.05) is 0 Å². The molecular formula is C17H22N6O8. The van der Waals surface area contributed by atoms with Crippen LogP contribution in [0.3, 0.4) is 0 Å². The second-order valence-electron chi connectivity index (χ2n) is 6.92. The van der Waals surface area contributed by atoms with Gasteiger partial charge in [0.2, 0.25) is 17.5 Å². The summed E-state index contributed by atoms with van der Waals surface area (Å²) >= 11 is 0. The lowest BCUT2D eigenvalue weighted by Crippen LogP contribution is -2.76. The fourth-order valence-electron chi connectivity index (χ4n) is 3.53. The zero-order valence-corrected chi connectivity index (χ0v) is 16.7. The highest BCUT2D eigenvalue weighted by atomic mass is 16.5. The van der Waals surface area contributed by atoms with E-state index in [0.717, 1.165) is 17.1 Å². The molecule has 14 heteroatoms. The van der Waals surface area contributed by atoms with Crippen molar-refractivity contribution in [1.29, 1.82) is 5.53 Å². The number of ether oxygens (including phenoxy) is 1. The summed E-state index contributed by atoms with van der Waals surface area (Å²) in [6.45, 7) is 0.120. The van der Waals surface area contributed by atoms with E-state index in [-0.39, 0.29) is 38.6 Å². The molecule has 0 aliphatic carbocycles. The molecule has 2 aliphatic rings. The number of methoxy groups -OCH3 is 1. The number of amides is 4. The summed E-state index contributed by atoms with van der Waals surface area (Å²) in [7, 11) is 1.03. The van der Waals surface area contributed by atoms with Gasteiger partial charge in [0.15, 0.2) is 0 Å². The number of hydrogen-bond donors (Lipinski definition) is 3. The molecule has 14 nitrogen and oxygen atoms in total. The van der Waals surface area contributed by atoms with E-state index in [1.165, 1.54) is 0 Å². The number of Topliss-reactive ketones (excluding diaryl/α,β-unsaturated/α-hetero) is 1. The average Bonchev–Trinajstić information content (AvgIpc) is 2.86. The van der Waals surface area contributed by atoms with E-state index < -0.39 is 53.7 Å². The topological polar surface area (TPSA) is 203 Å². The molecule has 0 aromatic carbocycles. The van der Waals surface area contributed by atoms with Crippen molar-refractivity contribution in [1.82, 2.24) is 20.7 Å². The Kier molecular flexibility index (Phi) is 7.42. The smallest absolute Gasteiger partial charge is 0.409 e. The number of hydrogen-bond acceptors (Lipinski definition) is 9. The summed E-state index contributed by atoms with van der Waals surface area (Å²) in [4.78, 5) is 76.6. The lowest BCUT2D eigenvalue weighted by Gasteiger charge is -2.50. The van der Waals surface area contributed by atoms with Gasteiger partial charge in [-0.2, -0.15) is 0 Å². The van der Waals surface area contributed by atoms with E-state index in [0.29, 0.717) is 6.21 Å². The van der Waals surface area contributed by atoms with Crippen molar-refractivity contribution in [2.45, 2.75) is 50.2 Å². The van der Waals surface area contributed by atoms with Crippen molar-refractivity contribution in [3.05, 3.63) is 0 Å². The summed E-state index contributed by atoms with van der Waals surface area (Å²) in [5.41, 5.74) is 4.59. The first-order chi connectivity index (χ1) is 14.7. The van der Waals surface area contributed by atoms with Crippen LogP contribution in [0.15, 0.2) is 0 Å². The number of nitrogens with zero attached hydrogens (tertiary/aromatic N) is 3. The second kappa shape index (κ2) is 9.80. The van der Waals surface area contributed by atoms with Crippen LogP contribution >= 0.6 is 0 Å². The predicted molar refractivity (Wildman–Crippen MR) is 95.5 cm³/mol. The minimum Gasteiger partial charge on any atom is -0.550 e. The number of carbonyl (C=O) groups is 6. The van der Waals surface area contributed by atoms with Crippen LogP contribution in [0.4, 0.5) is 4.79 Å². The van der Waals surface area contributed by atoms with Crippen LogP contribution < -0.4 is 15.7 Å². The molecule has 2 saturated heterocycles. The lowest BCUT2D eigenvalue weighted by molar-refractivity contribution is -0.306. The van der Waals surface area contributed by atoms with Crippen LogP contribution in [0.1, 0.15) is 38.5 Å². The van der Waals surface area contributed by atoms with Crippen LogP contribution in [0, 0.1) is 5.53 Å². The van der Waals surface area contributed by atoms with Crippen molar-refractivity contribution in [3.63, 3.8) is 0 Å². The van der Waals surface area contributed by atoms with Crippen LogP contribution in [0.25, 0.3) is 0 Å². The molecular weight excluding hydrogens is 416 g/mol. The van der Waals surface area contributed by atoms with Crippen LogP contribution in [0.5, 0.6) is 0 Å². The van der Waals surface area contributed by atoms with Gasteiger partial charge in [0.05, 0.1) is 17.4 Å². The number of ketones is 1. The average molecular weight is 438 g/mol. The first kappa shape index (κ1) is 23.5. The number of rotatable bonds is 7. The molecule has 0 spiro atoms. The molecule has 168 valence electrons. The van der Waals surface area contributed by atoms with E-state index in [1.54, 1.807) is 0 Å². The molecule has 2 heterocycles. The fourth-order valence-corrected chi connectivity index (χ4v) is 3.53. The molecule has 2 fully saturated rings. The third-order valence-corrected chi connectivity index (χ3v) is 4.90. The Bertz CT molecular complexity index is 854. The van der Waals surface area contributed by atoms with Crippen LogP contribution in [-0.2, 0) is 28.7 Å². The highest BCUT2D eigenvalue weighted by Crippen LogP contribution is 2.31. The van der Waals surface area contributed by atoms with Gasteiger partial charge in [0, 0.05) is 38.2 Å². The van der Waals surface area contributed by atoms with Gasteiger partial charge in [-0.05, 0) is 12.8 Å². The Labute approximate surface area is 176 Å². The number of carboxylic acids is 1. The van der Waals surface area contributed by atoms with Gasteiger partial charge in [0.1, 0.15) is 6.04 Å². The molecule has 4 amide bonds.